The number of halogens is 1. The first-order chi connectivity index (χ1) is 7.59. The summed E-state index contributed by atoms with van der Waals surface area (Å²) in [6, 6.07) is 6.92. The Bertz CT molecular complexity index is 376. The lowest BCUT2D eigenvalue weighted by atomic mass is 10.0. The second-order valence-corrected chi connectivity index (χ2v) is 6.02. The Balaban J connectivity index is 2.29. The van der Waals surface area contributed by atoms with E-state index >= 15 is 0 Å². The highest BCUT2D eigenvalue weighted by atomic mass is 127. The maximum atomic E-state index is 5.80. The number of nitrogens with zero attached hydrogens (tertiary/aromatic N) is 1. The molecule has 88 valence electrons. The summed E-state index contributed by atoms with van der Waals surface area (Å²) < 4.78 is 1.27. The Morgan fingerprint density at radius 2 is 2.19 bits per heavy atom. The van der Waals surface area contributed by atoms with Crippen molar-refractivity contribution in [3.05, 3.63) is 21.8 Å². The molecule has 1 heterocycles. The van der Waals surface area contributed by atoms with Crippen LogP contribution in [0.3, 0.4) is 0 Å². The van der Waals surface area contributed by atoms with Gasteiger partial charge in [-0.25, -0.2) is 0 Å². The van der Waals surface area contributed by atoms with Crippen LogP contribution in [-0.2, 0) is 0 Å². The van der Waals surface area contributed by atoms with E-state index in [9.17, 15) is 0 Å². The Morgan fingerprint density at radius 1 is 1.44 bits per heavy atom. The van der Waals surface area contributed by atoms with E-state index in [1.165, 1.54) is 28.6 Å². The zero-order valence-electron chi connectivity index (χ0n) is 9.91. The molecule has 2 nitrogen and oxygen atoms in total. The SMILES string of the molecule is CC(C)C1CCCN1c1ccc(N)cc1I. The molecular weight excluding hydrogens is 311 g/mol. The summed E-state index contributed by atoms with van der Waals surface area (Å²) in [5.41, 5.74) is 8.01. The summed E-state index contributed by atoms with van der Waals surface area (Å²) in [5.74, 6) is 0.718. The molecule has 1 aromatic rings. The smallest absolute Gasteiger partial charge is 0.0506 e. The number of hydrogen-bond acceptors (Lipinski definition) is 2. The molecule has 1 aromatic carbocycles. The molecule has 0 saturated carbocycles. The van der Waals surface area contributed by atoms with Gasteiger partial charge < -0.3 is 10.6 Å². The monoisotopic (exact) mass is 330 g/mol. The van der Waals surface area contributed by atoms with E-state index in [0.717, 1.165) is 11.6 Å². The Labute approximate surface area is 111 Å². The minimum absolute atomic E-state index is 0.692. The maximum absolute atomic E-state index is 5.80. The van der Waals surface area contributed by atoms with Gasteiger partial charge in [0.15, 0.2) is 0 Å². The summed E-state index contributed by atoms with van der Waals surface area (Å²) >= 11 is 2.39. The normalized spacial score (nSPS) is 20.8. The molecule has 1 aliphatic heterocycles. The van der Waals surface area contributed by atoms with Crippen molar-refractivity contribution in [2.45, 2.75) is 32.7 Å². The van der Waals surface area contributed by atoms with Crippen LogP contribution < -0.4 is 10.6 Å². The summed E-state index contributed by atoms with van der Waals surface area (Å²) in [5, 5.41) is 0. The van der Waals surface area contributed by atoms with Gasteiger partial charge in [0.2, 0.25) is 0 Å². The number of rotatable bonds is 2. The fraction of sp³-hybridized carbons (Fsp3) is 0.538. The third kappa shape index (κ3) is 2.29. The van der Waals surface area contributed by atoms with Gasteiger partial charge in [0.25, 0.3) is 0 Å². The number of anilines is 2. The fourth-order valence-electron chi connectivity index (χ4n) is 2.54. The Hall–Kier alpha value is -0.450. The van der Waals surface area contributed by atoms with Crippen molar-refractivity contribution in [1.82, 2.24) is 0 Å². The average Bonchev–Trinajstić information content (AvgIpc) is 2.66. The average molecular weight is 330 g/mol. The standard InChI is InChI=1S/C13H19IN2/c1-9(2)12-4-3-7-16(12)13-6-5-10(15)8-11(13)14/h5-6,8-9,12H,3-4,7,15H2,1-2H3. The zero-order chi connectivity index (χ0) is 11.7. The molecule has 3 heteroatoms. The van der Waals surface area contributed by atoms with E-state index in [4.69, 9.17) is 5.73 Å². The molecule has 0 radical (unpaired) electrons. The molecule has 0 bridgehead atoms. The van der Waals surface area contributed by atoms with Crippen LogP contribution in [-0.4, -0.2) is 12.6 Å². The van der Waals surface area contributed by atoms with Gasteiger partial charge in [-0.05, 0) is 59.5 Å². The molecular formula is C13H19IN2. The minimum Gasteiger partial charge on any atom is -0.399 e. The van der Waals surface area contributed by atoms with E-state index in [0.29, 0.717) is 6.04 Å². The summed E-state index contributed by atoms with van der Waals surface area (Å²) in [7, 11) is 0. The molecule has 16 heavy (non-hydrogen) atoms. The van der Waals surface area contributed by atoms with Crippen molar-refractivity contribution in [3.8, 4) is 0 Å². The first-order valence-electron chi connectivity index (χ1n) is 5.91. The molecule has 0 aliphatic carbocycles. The molecule has 0 spiro atoms. The summed E-state index contributed by atoms with van der Waals surface area (Å²) in [6.07, 6.45) is 2.63. The zero-order valence-corrected chi connectivity index (χ0v) is 12.1. The Kier molecular flexibility index (Phi) is 3.62. The molecule has 2 rings (SSSR count). The molecule has 2 N–H and O–H groups in total. The first kappa shape index (κ1) is 12.0. The van der Waals surface area contributed by atoms with Gasteiger partial charge >= 0.3 is 0 Å². The van der Waals surface area contributed by atoms with Crippen molar-refractivity contribution in [2.75, 3.05) is 17.2 Å². The van der Waals surface area contributed by atoms with E-state index in [1.807, 2.05) is 6.07 Å². The van der Waals surface area contributed by atoms with Crippen molar-refractivity contribution in [3.63, 3.8) is 0 Å². The predicted molar refractivity (Wildman–Crippen MR) is 78.8 cm³/mol. The van der Waals surface area contributed by atoms with Gasteiger partial charge in [-0.1, -0.05) is 13.8 Å². The van der Waals surface area contributed by atoms with Crippen LogP contribution in [0, 0.1) is 9.49 Å². The van der Waals surface area contributed by atoms with E-state index in [1.54, 1.807) is 0 Å². The largest absolute Gasteiger partial charge is 0.399 e. The highest BCUT2D eigenvalue weighted by molar-refractivity contribution is 14.1. The van der Waals surface area contributed by atoms with Crippen LogP contribution in [0.5, 0.6) is 0 Å². The van der Waals surface area contributed by atoms with Crippen LogP contribution >= 0.6 is 22.6 Å². The minimum atomic E-state index is 0.692. The van der Waals surface area contributed by atoms with Crippen LogP contribution in [0.4, 0.5) is 11.4 Å². The second kappa shape index (κ2) is 4.82. The topological polar surface area (TPSA) is 29.3 Å². The summed E-state index contributed by atoms with van der Waals surface area (Å²) in [6.45, 7) is 5.81. The van der Waals surface area contributed by atoms with Gasteiger partial charge in [0.05, 0.1) is 5.69 Å². The molecule has 1 atom stereocenters. The van der Waals surface area contributed by atoms with E-state index in [2.05, 4.69) is 53.5 Å². The molecule has 1 aliphatic rings. The first-order valence-corrected chi connectivity index (χ1v) is 6.99. The molecule has 0 amide bonds. The maximum Gasteiger partial charge on any atom is 0.0506 e. The van der Waals surface area contributed by atoms with Crippen molar-refractivity contribution < 1.29 is 0 Å². The van der Waals surface area contributed by atoms with E-state index < -0.39 is 0 Å². The lowest BCUT2D eigenvalue weighted by Crippen LogP contribution is -2.33. The highest BCUT2D eigenvalue weighted by Crippen LogP contribution is 2.33. The number of hydrogen-bond donors (Lipinski definition) is 1. The van der Waals surface area contributed by atoms with Crippen LogP contribution in [0.2, 0.25) is 0 Å². The molecule has 1 fully saturated rings. The van der Waals surface area contributed by atoms with Gasteiger partial charge in [-0.15, -0.1) is 0 Å². The second-order valence-electron chi connectivity index (χ2n) is 4.86. The number of nitrogens with two attached hydrogens (primary N) is 1. The van der Waals surface area contributed by atoms with Crippen LogP contribution in [0.1, 0.15) is 26.7 Å². The van der Waals surface area contributed by atoms with E-state index in [-0.39, 0.29) is 0 Å². The van der Waals surface area contributed by atoms with Gasteiger partial charge in [0, 0.05) is 21.8 Å². The van der Waals surface area contributed by atoms with Gasteiger partial charge in [-0.2, -0.15) is 0 Å². The highest BCUT2D eigenvalue weighted by Gasteiger charge is 2.28. The molecule has 0 aromatic heterocycles. The summed E-state index contributed by atoms with van der Waals surface area (Å²) in [4.78, 5) is 2.55. The quantitative estimate of drug-likeness (QED) is 0.664. The van der Waals surface area contributed by atoms with Crippen molar-refractivity contribution in [1.29, 1.82) is 0 Å². The molecule has 1 unspecified atom stereocenters. The van der Waals surface area contributed by atoms with Gasteiger partial charge in [0.1, 0.15) is 0 Å². The third-order valence-electron chi connectivity index (χ3n) is 3.35. The lowest BCUT2D eigenvalue weighted by Gasteiger charge is -2.30. The number of nitrogen functional groups attached to an aromatic ring is 1. The van der Waals surface area contributed by atoms with Crippen molar-refractivity contribution in [2.24, 2.45) is 5.92 Å². The lowest BCUT2D eigenvalue weighted by molar-refractivity contribution is 0.491. The third-order valence-corrected chi connectivity index (χ3v) is 4.21. The fourth-order valence-corrected chi connectivity index (χ4v) is 3.39. The predicted octanol–water partition coefficient (Wildman–Crippen LogP) is 3.50. The molecule has 1 saturated heterocycles. The van der Waals surface area contributed by atoms with Crippen molar-refractivity contribution >= 4 is 34.0 Å². The van der Waals surface area contributed by atoms with Crippen LogP contribution in [0.25, 0.3) is 0 Å². The van der Waals surface area contributed by atoms with Crippen LogP contribution in [0.15, 0.2) is 18.2 Å². The van der Waals surface area contributed by atoms with Gasteiger partial charge in [-0.3, -0.25) is 0 Å². The Morgan fingerprint density at radius 3 is 2.81 bits per heavy atom. The number of benzene rings is 1.